The van der Waals surface area contributed by atoms with Gasteiger partial charge in [0.15, 0.2) is 0 Å². The number of nitrogens with one attached hydrogen (secondary N) is 1. The zero-order valence-corrected chi connectivity index (χ0v) is 11.9. The van der Waals surface area contributed by atoms with Gasteiger partial charge in [-0.25, -0.2) is 4.79 Å². The summed E-state index contributed by atoms with van der Waals surface area (Å²) in [6, 6.07) is 14.8. The summed E-state index contributed by atoms with van der Waals surface area (Å²) in [5.41, 5.74) is 1.09. The molecule has 112 valence electrons. The molecule has 2 aromatic rings. The fourth-order valence-corrected chi connectivity index (χ4v) is 1.78. The van der Waals surface area contributed by atoms with Crippen LogP contribution in [0.4, 0.5) is 0 Å². The van der Waals surface area contributed by atoms with Crippen LogP contribution in [0.1, 0.15) is 15.9 Å². The Balaban J connectivity index is 2.25. The van der Waals surface area contributed by atoms with Crippen molar-refractivity contribution in [2.75, 3.05) is 7.11 Å². The van der Waals surface area contributed by atoms with E-state index < -0.39 is 11.9 Å². The second kappa shape index (κ2) is 7.08. The van der Waals surface area contributed by atoms with Crippen LogP contribution >= 0.6 is 0 Å². The maximum Gasteiger partial charge on any atom is 0.354 e. The highest BCUT2D eigenvalue weighted by atomic mass is 16.5. The van der Waals surface area contributed by atoms with Crippen molar-refractivity contribution in [1.82, 2.24) is 5.32 Å². The Bertz CT molecular complexity index is 690. The Morgan fingerprint density at radius 2 is 1.68 bits per heavy atom. The highest BCUT2D eigenvalue weighted by molar-refractivity contribution is 6.03. The molecule has 22 heavy (non-hydrogen) atoms. The van der Waals surface area contributed by atoms with Crippen LogP contribution in [0.2, 0.25) is 0 Å². The number of hydrogen-bond acceptors (Lipinski definition) is 4. The number of phenols is 1. The Morgan fingerprint density at radius 3 is 2.27 bits per heavy atom. The molecular formula is C17H15NO4. The number of aromatic hydroxyl groups is 1. The van der Waals surface area contributed by atoms with Crippen molar-refractivity contribution < 1.29 is 19.4 Å². The third kappa shape index (κ3) is 3.96. The molecule has 1 amide bonds. The second-order valence-corrected chi connectivity index (χ2v) is 4.46. The molecule has 0 unspecified atom stereocenters. The molecule has 0 saturated heterocycles. The number of hydrogen-bond donors (Lipinski definition) is 2. The molecule has 0 heterocycles. The predicted molar refractivity (Wildman–Crippen MR) is 82.0 cm³/mol. The minimum absolute atomic E-state index is 0.0158. The lowest BCUT2D eigenvalue weighted by molar-refractivity contribution is -0.136. The first-order chi connectivity index (χ1) is 10.6. The van der Waals surface area contributed by atoms with E-state index in [9.17, 15) is 14.7 Å². The van der Waals surface area contributed by atoms with Crippen LogP contribution in [0.15, 0.2) is 60.3 Å². The fraction of sp³-hybridized carbons (Fsp3) is 0.0588. The Morgan fingerprint density at radius 1 is 1.05 bits per heavy atom. The minimum atomic E-state index is -0.655. The normalized spacial score (nSPS) is 10.9. The molecule has 0 aliphatic rings. The van der Waals surface area contributed by atoms with Gasteiger partial charge in [0.05, 0.1) is 7.11 Å². The zero-order valence-electron chi connectivity index (χ0n) is 11.9. The molecule has 0 spiro atoms. The van der Waals surface area contributed by atoms with E-state index in [1.165, 1.54) is 25.3 Å². The van der Waals surface area contributed by atoms with E-state index in [0.29, 0.717) is 11.1 Å². The predicted octanol–water partition coefficient (Wildman–Crippen LogP) is 2.34. The lowest BCUT2D eigenvalue weighted by Crippen LogP contribution is -2.28. The van der Waals surface area contributed by atoms with Crippen LogP contribution in [-0.2, 0) is 9.53 Å². The van der Waals surface area contributed by atoms with Crippen molar-refractivity contribution in [2.24, 2.45) is 0 Å². The topological polar surface area (TPSA) is 75.6 Å². The summed E-state index contributed by atoms with van der Waals surface area (Å²) in [6.45, 7) is 0. The van der Waals surface area contributed by atoms with Gasteiger partial charge < -0.3 is 15.2 Å². The van der Waals surface area contributed by atoms with Gasteiger partial charge in [-0.15, -0.1) is 0 Å². The number of ether oxygens (including phenoxy) is 1. The van der Waals surface area contributed by atoms with E-state index in [2.05, 4.69) is 10.1 Å². The number of methoxy groups -OCH3 is 1. The number of benzene rings is 2. The van der Waals surface area contributed by atoms with Gasteiger partial charge in [-0.2, -0.15) is 0 Å². The van der Waals surface area contributed by atoms with Gasteiger partial charge in [0.1, 0.15) is 11.4 Å². The van der Waals surface area contributed by atoms with E-state index in [1.54, 1.807) is 42.5 Å². The molecule has 0 radical (unpaired) electrons. The third-order valence-corrected chi connectivity index (χ3v) is 2.89. The Kier molecular flexibility index (Phi) is 4.93. The highest BCUT2D eigenvalue weighted by Crippen LogP contribution is 2.13. The average Bonchev–Trinajstić information content (AvgIpc) is 2.56. The van der Waals surface area contributed by atoms with Crippen LogP contribution in [0.5, 0.6) is 5.75 Å². The van der Waals surface area contributed by atoms with Gasteiger partial charge >= 0.3 is 5.97 Å². The standard InChI is InChI=1S/C17H15NO4/c1-22-17(21)15(11-12-7-9-14(19)10-8-12)18-16(20)13-5-3-2-4-6-13/h2-11,19H,1H3,(H,18,20). The number of rotatable bonds is 4. The van der Waals surface area contributed by atoms with Crippen molar-refractivity contribution in [3.05, 3.63) is 71.4 Å². The molecule has 2 aromatic carbocycles. The van der Waals surface area contributed by atoms with Crippen molar-refractivity contribution in [1.29, 1.82) is 0 Å². The van der Waals surface area contributed by atoms with Crippen LogP contribution in [0, 0.1) is 0 Å². The summed E-state index contributed by atoms with van der Waals surface area (Å²) in [5.74, 6) is -0.946. The lowest BCUT2D eigenvalue weighted by Gasteiger charge is -2.08. The van der Waals surface area contributed by atoms with Crippen molar-refractivity contribution in [3.8, 4) is 5.75 Å². The van der Waals surface area contributed by atoms with Gasteiger partial charge in [-0.1, -0.05) is 30.3 Å². The molecule has 0 fully saturated rings. The molecule has 0 aliphatic heterocycles. The van der Waals surface area contributed by atoms with E-state index in [1.807, 2.05) is 0 Å². The molecule has 2 N–H and O–H groups in total. The highest BCUT2D eigenvalue weighted by Gasteiger charge is 2.14. The number of carbonyl (C=O) groups is 2. The maximum absolute atomic E-state index is 12.1. The van der Waals surface area contributed by atoms with Crippen molar-refractivity contribution in [2.45, 2.75) is 0 Å². The molecule has 0 atom stereocenters. The van der Waals surface area contributed by atoms with E-state index in [4.69, 9.17) is 0 Å². The molecule has 5 nitrogen and oxygen atoms in total. The van der Waals surface area contributed by atoms with Crippen molar-refractivity contribution >= 4 is 18.0 Å². The molecule has 0 aromatic heterocycles. The molecule has 2 rings (SSSR count). The number of esters is 1. The molecular weight excluding hydrogens is 282 g/mol. The van der Waals surface area contributed by atoms with Crippen LogP contribution in [0.3, 0.4) is 0 Å². The molecule has 5 heteroatoms. The van der Waals surface area contributed by atoms with Gasteiger partial charge in [0.25, 0.3) is 5.91 Å². The summed E-state index contributed by atoms with van der Waals surface area (Å²) >= 11 is 0. The average molecular weight is 297 g/mol. The van der Waals surface area contributed by atoms with Gasteiger partial charge in [0.2, 0.25) is 0 Å². The number of amides is 1. The fourth-order valence-electron chi connectivity index (χ4n) is 1.78. The quantitative estimate of drug-likeness (QED) is 0.671. The summed E-state index contributed by atoms with van der Waals surface area (Å²) < 4.78 is 4.67. The van der Waals surface area contributed by atoms with E-state index in [0.717, 1.165) is 0 Å². The summed E-state index contributed by atoms with van der Waals surface area (Å²) in [5, 5.41) is 11.8. The van der Waals surface area contributed by atoms with Crippen LogP contribution < -0.4 is 5.32 Å². The minimum Gasteiger partial charge on any atom is -0.508 e. The third-order valence-electron chi connectivity index (χ3n) is 2.89. The second-order valence-electron chi connectivity index (χ2n) is 4.46. The molecule has 0 aliphatic carbocycles. The summed E-state index contributed by atoms with van der Waals surface area (Å²) in [7, 11) is 1.24. The lowest BCUT2D eigenvalue weighted by atomic mass is 10.1. The SMILES string of the molecule is COC(=O)C(=Cc1ccc(O)cc1)NC(=O)c1ccccc1. The zero-order chi connectivity index (χ0) is 15.9. The summed E-state index contributed by atoms with van der Waals surface area (Å²) in [6.07, 6.45) is 1.48. The van der Waals surface area contributed by atoms with Gasteiger partial charge in [-0.05, 0) is 35.9 Å². The first kappa shape index (κ1) is 15.3. The van der Waals surface area contributed by atoms with Gasteiger partial charge in [-0.3, -0.25) is 4.79 Å². The van der Waals surface area contributed by atoms with Crippen molar-refractivity contribution in [3.63, 3.8) is 0 Å². The largest absolute Gasteiger partial charge is 0.508 e. The number of phenolic OH excluding ortho intramolecular Hbond substituents is 1. The van der Waals surface area contributed by atoms with Crippen LogP contribution in [0.25, 0.3) is 6.08 Å². The Hall–Kier alpha value is -3.08. The first-order valence-electron chi connectivity index (χ1n) is 6.55. The molecule has 0 saturated carbocycles. The van der Waals surface area contributed by atoms with Gasteiger partial charge in [0, 0.05) is 5.56 Å². The maximum atomic E-state index is 12.1. The number of carbonyl (C=O) groups excluding carboxylic acids is 2. The van der Waals surface area contributed by atoms with E-state index in [-0.39, 0.29) is 11.4 Å². The monoisotopic (exact) mass is 297 g/mol. The summed E-state index contributed by atoms with van der Waals surface area (Å²) in [4.78, 5) is 23.9. The van der Waals surface area contributed by atoms with Crippen LogP contribution in [-0.4, -0.2) is 24.1 Å². The first-order valence-corrected chi connectivity index (χ1v) is 6.55. The Labute approximate surface area is 127 Å². The van der Waals surface area contributed by atoms with E-state index >= 15 is 0 Å². The smallest absolute Gasteiger partial charge is 0.354 e. The molecule has 0 bridgehead atoms.